The molecule has 41 heavy (non-hydrogen) atoms. The summed E-state index contributed by atoms with van der Waals surface area (Å²) in [5, 5.41) is 5.18. The van der Waals surface area contributed by atoms with Crippen LogP contribution >= 0.6 is 22.9 Å². The Kier molecular flexibility index (Phi) is 5.97. The first-order chi connectivity index (χ1) is 19.9. The minimum absolute atomic E-state index is 0.154. The lowest BCUT2D eigenvalue weighted by Crippen LogP contribution is -2.52. The Morgan fingerprint density at radius 1 is 1.17 bits per heavy atom. The molecule has 0 spiro atoms. The normalized spacial score (nSPS) is 26.2. The van der Waals surface area contributed by atoms with Crippen molar-refractivity contribution >= 4 is 55.0 Å². The third kappa shape index (κ3) is 4.04. The topological polar surface area (TPSA) is 102 Å². The molecule has 3 fully saturated rings. The average Bonchev–Trinajstić information content (AvgIpc) is 3.52. The highest BCUT2D eigenvalue weighted by Gasteiger charge is 2.38. The number of rotatable bonds is 3. The number of ether oxygens (including phenoxy) is 1. The maximum absolute atomic E-state index is 14.8. The van der Waals surface area contributed by atoms with E-state index < -0.39 is 0 Å². The monoisotopic (exact) mass is 595 g/mol. The summed E-state index contributed by atoms with van der Waals surface area (Å²) in [5.74, 6) is 1.04. The largest absolute Gasteiger partial charge is 0.488 e. The molecular weight excluding hydrogens is 565 g/mol. The van der Waals surface area contributed by atoms with Gasteiger partial charge in [0.15, 0.2) is 10.9 Å². The lowest BCUT2D eigenvalue weighted by Gasteiger charge is -2.40. The van der Waals surface area contributed by atoms with Crippen LogP contribution in [-0.4, -0.2) is 71.4 Å². The Bertz CT molecular complexity index is 1760. The maximum Gasteiger partial charge on any atom is 0.350 e. The smallest absolute Gasteiger partial charge is 0.350 e. The van der Waals surface area contributed by atoms with Gasteiger partial charge in [-0.05, 0) is 63.4 Å². The number of hydrogen-bond acceptors (Lipinski definition) is 9. The van der Waals surface area contributed by atoms with Gasteiger partial charge in [0.05, 0.1) is 26.8 Å². The second-order valence-electron chi connectivity index (χ2n) is 12.0. The number of aromatic nitrogens is 3. The highest BCUT2D eigenvalue weighted by Crippen LogP contribution is 2.49. The third-order valence-electron chi connectivity index (χ3n) is 9.33. The van der Waals surface area contributed by atoms with Crippen LogP contribution in [0, 0.1) is 11.7 Å². The van der Waals surface area contributed by atoms with E-state index in [4.69, 9.17) is 27.1 Å². The highest BCUT2D eigenvalue weighted by atomic mass is 35.5. The first-order valence-corrected chi connectivity index (χ1v) is 15.5. The Hall–Kier alpha value is -2.99. The number of anilines is 2. The fourth-order valence-electron chi connectivity index (χ4n) is 7.54. The molecule has 9 nitrogen and oxygen atoms in total. The van der Waals surface area contributed by atoms with Crippen LogP contribution in [0.3, 0.4) is 0 Å². The molecule has 4 aliphatic rings. The molecule has 8 rings (SSSR count). The molecule has 6 heterocycles. The number of halogens is 2. The van der Waals surface area contributed by atoms with Gasteiger partial charge in [-0.15, -0.1) is 0 Å². The fraction of sp³-hybridized carbons (Fsp3) is 0.483. The number of thiazole rings is 1. The van der Waals surface area contributed by atoms with Gasteiger partial charge in [-0.25, -0.2) is 14.2 Å². The van der Waals surface area contributed by atoms with Crippen LogP contribution < -0.4 is 26.4 Å². The number of fused-ring (bicyclic) bond motifs is 3. The number of likely N-dealkylation sites (tertiary alicyclic amines) is 1. The van der Waals surface area contributed by atoms with Crippen molar-refractivity contribution in [2.24, 2.45) is 5.92 Å². The molecule has 2 aromatic carbocycles. The summed E-state index contributed by atoms with van der Waals surface area (Å²) >= 11 is 8.19. The second-order valence-corrected chi connectivity index (χ2v) is 13.4. The van der Waals surface area contributed by atoms with Crippen LogP contribution in [0.1, 0.15) is 31.7 Å². The summed E-state index contributed by atoms with van der Waals surface area (Å²) in [6, 6.07) is 5.58. The van der Waals surface area contributed by atoms with Crippen LogP contribution in [0.15, 0.2) is 23.0 Å². The first kappa shape index (κ1) is 25.7. The maximum atomic E-state index is 14.8. The van der Waals surface area contributed by atoms with Gasteiger partial charge in [-0.1, -0.05) is 22.9 Å². The Balaban J connectivity index is 1.39. The number of hydrogen-bond donors (Lipinski definition) is 2. The van der Waals surface area contributed by atoms with Gasteiger partial charge in [0.25, 0.3) is 0 Å². The number of nitrogen functional groups attached to an aromatic ring is 1. The van der Waals surface area contributed by atoms with Crippen molar-refractivity contribution in [1.29, 1.82) is 0 Å². The van der Waals surface area contributed by atoms with Gasteiger partial charge in [-0.2, -0.15) is 4.98 Å². The molecule has 12 heteroatoms. The van der Waals surface area contributed by atoms with Crippen LogP contribution in [0.4, 0.5) is 15.3 Å². The van der Waals surface area contributed by atoms with E-state index in [9.17, 15) is 9.18 Å². The van der Waals surface area contributed by atoms with E-state index in [0.717, 1.165) is 68.6 Å². The fourth-order valence-corrected chi connectivity index (χ4v) is 8.60. The third-order valence-corrected chi connectivity index (χ3v) is 10.5. The summed E-state index contributed by atoms with van der Waals surface area (Å²) in [4.78, 5) is 27.8. The average molecular weight is 596 g/mol. The number of nitrogens with two attached hydrogens (primary N) is 1. The zero-order valence-corrected chi connectivity index (χ0v) is 24.3. The lowest BCUT2D eigenvalue weighted by molar-refractivity contribution is 0.116. The molecule has 2 aromatic heterocycles. The summed E-state index contributed by atoms with van der Waals surface area (Å²) in [5.41, 5.74) is 8.11. The van der Waals surface area contributed by atoms with Gasteiger partial charge in [-0.3, -0.25) is 4.57 Å². The summed E-state index contributed by atoms with van der Waals surface area (Å²) < 4.78 is 23.6. The molecule has 0 amide bonds. The Morgan fingerprint density at radius 3 is 2.76 bits per heavy atom. The molecule has 0 radical (unpaired) electrons. The zero-order chi connectivity index (χ0) is 28.0. The summed E-state index contributed by atoms with van der Waals surface area (Å²) in [7, 11) is 2.12. The number of piperidine rings is 1. The Labute approximate surface area is 245 Å². The minimum atomic E-state index is -0.386. The number of nitrogens with zero attached hydrogens (tertiary/aromatic N) is 5. The van der Waals surface area contributed by atoms with E-state index in [1.165, 1.54) is 6.07 Å². The van der Waals surface area contributed by atoms with Gasteiger partial charge in [0.1, 0.15) is 18.2 Å². The zero-order valence-electron chi connectivity index (χ0n) is 22.7. The van der Waals surface area contributed by atoms with Crippen LogP contribution in [-0.2, 0) is 0 Å². The molecule has 3 saturated heterocycles. The second kappa shape index (κ2) is 9.52. The van der Waals surface area contributed by atoms with Crippen LogP contribution in [0.2, 0.25) is 5.02 Å². The molecule has 4 atom stereocenters. The minimum Gasteiger partial charge on any atom is -0.488 e. The molecule has 0 saturated carbocycles. The number of piperazine rings is 1. The summed E-state index contributed by atoms with van der Waals surface area (Å²) in [6.45, 7) is 3.83. The predicted molar refractivity (Wildman–Crippen MR) is 161 cm³/mol. The van der Waals surface area contributed by atoms with Crippen molar-refractivity contribution in [1.82, 2.24) is 24.8 Å². The van der Waals surface area contributed by atoms with Crippen LogP contribution in [0.25, 0.3) is 32.2 Å². The van der Waals surface area contributed by atoms with Gasteiger partial charge in [0, 0.05) is 48.2 Å². The van der Waals surface area contributed by atoms with E-state index in [2.05, 4.69) is 27.1 Å². The molecule has 3 unspecified atom stereocenters. The van der Waals surface area contributed by atoms with E-state index in [1.807, 2.05) is 10.6 Å². The van der Waals surface area contributed by atoms with Crippen LogP contribution in [0.5, 0.6) is 5.75 Å². The van der Waals surface area contributed by atoms with Gasteiger partial charge >= 0.3 is 5.69 Å². The number of nitrogens with one attached hydrogen (secondary N) is 1. The molecule has 214 valence electrons. The lowest BCUT2D eigenvalue weighted by atomic mass is 9.89. The van der Waals surface area contributed by atoms with Crippen molar-refractivity contribution in [3.8, 4) is 16.9 Å². The van der Waals surface area contributed by atoms with Crippen molar-refractivity contribution < 1.29 is 9.13 Å². The summed E-state index contributed by atoms with van der Waals surface area (Å²) in [6.07, 6.45) is 4.32. The predicted octanol–water partition coefficient (Wildman–Crippen LogP) is 4.26. The molecule has 0 aliphatic carbocycles. The van der Waals surface area contributed by atoms with Crippen molar-refractivity contribution in [3.63, 3.8) is 0 Å². The standard InChI is InChI=1S/C29H31ClFN7O2S/c1-36-8-2-3-14(10-36)21-13-40-25-22(17-6-7-20(31)26-23(17)34-28(32)41-26)19(30)9-18-24(25)38(21)29(39)35-27(18)37-11-15-4-5-16(12-37)33-15/h6-7,9,14-16,21,33H,2-5,8,10-13H2,1H3,(H2,32,34)/t14?,15?,16?,21-/m1/s1. The van der Waals surface area contributed by atoms with E-state index in [-0.39, 0.29) is 28.6 Å². The highest BCUT2D eigenvalue weighted by molar-refractivity contribution is 7.22. The van der Waals surface area contributed by atoms with Crippen molar-refractivity contribution in [2.75, 3.05) is 50.5 Å². The van der Waals surface area contributed by atoms with E-state index >= 15 is 0 Å². The quantitative estimate of drug-likeness (QED) is 0.362. The molecule has 3 N–H and O–H groups in total. The molecule has 2 bridgehead atoms. The SMILES string of the molecule is CN1CCCC([C@H]2COc3c(-c4ccc(F)c5sc(N)nc45)c(Cl)cc4c(N5CC6CCC(C5)N6)nc(=O)n2c34)C1. The van der Waals surface area contributed by atoms with Gasteiger partial charge < -0.3 is 25.6 Å². The first-order valence-electron chi connectivity index (χ1n) is 14.3. The number of benzene rings is 2. The molecule has 4 aromatic rings. The van der Waals surface area contributed by atoms with Crippen molar-refractivity contribution in [2.45, 2.75) is 43.8 Å². The van der Waals surface area contributed by atoms with E-state index in [1.54, 1.807) is 6.07 Å². The molecule has 4 aliphatic heterocycles. The Morgan fingerprint density at radius 2 is 1.98 bits per heavy atom. The van der Waals surface area contributed by atoms with Crippen molar-refractivity contribution in [3.05, 3.63) is 39.5 Å². The van der Waals surface area contributed by atoms with Gasteiger partial charge in [0.2, 0.25) is 0 Å². The van der Waals surface area contributed by atoms with E-state index in [0.29, 0.717) is 62.1 Å². The molecular formula is C29H31ClFN7O2S.